The van der Waals surface area contributed by atoms with Gasteiger partial charge in [0.15, 0.2) is 0 Å². The van der Waals surface area contributed by atoms with Gasteiger partial charge in [-0.25, -0.2) is 13.6 Å². The number of benzene rings is 1. The highest BCUT2D eigenvalue weighted by Crippen LogP contribution is 2.35. The highest BCUT2D eigenvalue weighted by Gasteiger charge is 2.24. The monoisotopic (exact) mass is 297 g/mol. The zero-order valence-electron chi connectivity index (χ0n) is 12.7. The molecule has 112 valence electrons. The number of hydrogen-bond acceptors (Lipinski definition) is 3. The van der Waals surface area contributed by atoms with E-state index in [1.165, 1.54) is 0 Å². The van der Waals surface area contributed by atoms with E-state index in [2.05, 4.69) is 6.58 Å². The van der Waals surface area contributed by atoms with Crippen LogP contribution in [-0.4, -0.2) is 14.5 Å². The summed E-state index contributed by atoms with van der Waals surface area (Å²) in [4.78, 5) is 0.140. The lowest BCUT2D eigenvalue weighted by molar-refractivity contribution is 0.263. The van der Waals surface area contributed by atoms with Crippen molar-refractivity contribution in [2.75, 3.05) is 0 Å². The molecule has 0 saturated heterocycles. The molecule has 0 aromatic heterocycles. The molecule has 2 N–H and O–H groups in total. The first-order valence-electron chi connectivity index (χ1n) is 6.44. The first-order chi connectivity index (χ1) is 8.96. The Balaban J connectivity index is 3.53. The van der Waals surface area contributed by atoms with E-state index in [-0.39, 0.29) is 16.4 Å². The van der Waals surface area contributed by atoms with Crippen LogP contribution < -0.4 is 9.88 Å². The first kappa shape index (κ1) is 16.7. The number of aryl methyl sites for hydroxylation is 1. The van der Waals surface area contributed by atoms with Crippen LogP contribution in [0.4, 0.5) is 0 Å². The summed E-state index contributed by atoms with van der Waals surface area (Å²) < 4.78 is 29.1. The lowest BCUT2D eigenvalue weighted by Gasteiger charge is -2.25. The molecule has 5 heteroatoms. The van der Waals surface area contributed by atoms with E-state index < -0.39 is 10.0 Å². The van der Waals surface area contributed by atoms with E-state index in [0.29, 0.717) is 11.3 Å². The van der Waals surface area contributed by atoms with Gasteiger partial charge in [0.2, 0.25) is 10.0 Å². The Morgan fingerprint density at radius 2 is 1.90 bits per heavy atom. The van der Waals surface area contributed by atoms with Crippen molar-refractivity contribution in [2.45, 2.75) is 51.0 Å². The molecule has 0 fully saturated rings. The van der Waals surface area contributed by atoms with Crippen LogP contribution in [0.5, 0.6) is 5.75 Å². The summed E-state index contributed by atoms with van der Waals surface area (Å²) in [5, 5.41) is 5.26. The Morgan fingerprint density at radius 3 is 2.30 bits per heavy atom. The fourth-order valence-corrected chi connectivity index (χ4v) is 2.69. The number of hydrogen-bond donors (Lipinski definition) is 1. The minimum absolute atomic E-state index is 0.140. The van der Waals surface area contributed by atoms with Crippen molar-refractivity contribution < 1.29 is 13.2 Å². The van der Waals surface area contributed by atoms with E-state index in [4.69, 9.17) is 9.88 Å². The quantitative estimate of drug-likeness (QED) is 0.869. The maximum atomic E-state index is 11.6. The van der Waals surface area contributed by atoms with Gasteiger partial charge in [0.1, 0.15) is 11.9 Å². The van der Waals surface area contributed by atoms with Crippen molar-refractivity contribution in [3.05, 3.63) is 35.9 Å². The molecule has 1 atom stereocenters. The second-order valence-electron chi connectivity index (χ2n) is 5.97. The third-order valence-corrected chi connectivity index (χ3v) is 4.09. The van der Waals surface area contributed by atoms with Gasteiger partial charge in [0.25, 0.3) is 0 Å². The fourth-order valence-electron chi connectivity index (χ4n) is 1.90. The minimum atomic E-state index is -3.74. The van der Waals surface area contributed by atoms with Crippen LogP contribution in [0.15, 0.2) is 29.7 Å². The van der Waals surface area contributed by atoms with Gasteiger partial charge in [0, 0.05) is 5.56 Å². The van der Waals surface area contributed by atoms with Crippen LogP contribution in [0.1, 0.15) is 38.8 Å². The van der Waals surface area contributed by atoms with Crippen LogP contribution in [-0.2, 0) is 15.4 Å². The third kappa shape index (κ3) is 3.84. The van der Waals surface area contributed by atoms with Crippen LogP contribution in [0.2, 0.25) is 0 Å². The zero-order chi connectivity index (χ0) is 15.7. The number of rotatable bonds is 4. The van der Waals surface area contributed by atoms with Gasteiger partial charge in [-0.15, -0.1) is 0 Å². The summed E-state index contributed by atoms with van der Waals surface area (Å²) in [5.41, 5.74) is 1.12. The standard InChI is InChI=1S/C15H23NO3S/c1-7-11(3)19-13-8-10(2)14(20(16,17)18)9-12(13)15(4,5)6/h7-9,11H,1H2,2-6H3,(H2,16,17,18). The highest BCUT2D eigenvalue weighted by molar-refractivity contribution is 7.89. The molecule has 4 nitrogen and oxygen atoms in total. The zero-order valence-corrected chi connectivity index (χ0v) is 13.5. The third-order valence-electron chi connectivity index (χ3n) is 3.04. The van der Waals surface area contributed by atoms with E-state index in [0.717, 1.165) is 5.56 Å². The number of sulfonamides is 1. The molecule has 0 aliphatic rings. The van der Waals surface area contributed by atoms with Crippen LogP contribution in [0.25, 0.3) is 0 Å². The molecule has 1 unspecified atom stereocenters. The Bertz CT molecular complexity index is 613. The van der Waals surface area contributed by atoms with Gasteiger partial charge in [-0.05, 0) is 37.0 Å². The Labute approximate surface area is 121 Å². The van der Waals surface area contributed by atoms with Crippen molar-refractivity contribution in [2.24, 2.45) is 5.14 Å². The first-order valence-corrected chi connectivity index (χ1v) is 7.98. The molecule has 0 amide bonds. The lowest BCUT2D eigenvalue weighted by Crippen LogP contribution is -2.20. The summed E-state index contributed by atoms with van der Waals surface area (Å²) in [6.45, 7) is 13.3. The van der Waals surface area contributed by atoms with Gasteiger partial charge in [-0.1, -0.05) is 33.4 Å². The van der Waals surface area contributed by atoms with Crippen molar-refractivity contribution in [1.29, 1.82) is 0 Å². The summed E-state index contributed by atoms with van der Waals surface area (Å²) in [6, 6.07) is 3.33. The van der Waals surface area contributed by atoms with Gasteiger partial charge in [-0.3, -0.25) is 0 Å². The van der Waals surface area contributed by atoms with Crippen LogP contribution in [0, 0.1) is 6.92 Å². The predicted octanol–water partition coefficient (Wildman–Crippen LogP) is 2.89. The van der Waals surface area contributed by atoms with Crippen LogP contribution in [0.3, 0.4) is 0 Å². The minimum Gasteiger partial charge on any atom is -0.486 e. The van der Waals surface area contributed by atoms with Crippen LogP contribution >= 0.6 is 0 Å². The molecule has 0 saturated carbocycles. The average Bonchev–Trinajstić information content (AvgIpc) is 2.25. The second kappa shape index (κ2) is 5.58. The second-order valence-corrected chi connectivity index (χ2v) is 7.50. The van der Waals surface area contributed by atoms with E-state index in [1.54, 1.807) is 25.1 Å². The van der Waals surface area contributed by atoms with Crippen molar-refractivity contribution in [3.63, 3.8) is 0 Å². The molecule has 0 spiro atoms. The Kier molecular flexibility index (Phi) is 4.66. The highest BCUT2D eigenvalue weighted by atomic mass is 32.2. The molecule has 20 heavy (non-hydrogen) atoms. The maximum Gasteiger partial charge on any atom is 0.238 e. The SMILES string of the molecule is C=CC(C)Oc1cc(C)c(S(N)(=O)=O)cc1C(C)(C)C. The molecule has 0 aliphatic carbocycles. The summed E-state index contributed by atoms with van der Waals surface area (Å²) in [6.07, 6.45) is 1.53. The van der Waals surface area contributed by atoms with Gasteiger partial charge in [0.05, 0.1) is 4.90 Å². The van der Waals surface area contributed by atoms with E-state index >= 15 is 0 Å². The Hall–Kier alpha value is -1.33. The number of ether oxygens (including phenoxy) is 1. The average molecular weight is 297 g/mol. The molecular formula is C15H23NO3S. The number of primary sulfonamides is 1. The van der Waals surface area contributed by atoms with Crippen molar-refractivity contribution in [3.8, 4) is 5.75 Å². The van der Waals surface area contributed by atoms with E-state index in [9.17, 15) is 8.42 Å². The van der Waals surface area contributed by atoms with E-state index in [1.807, 2.05) is 27.7 Å². The predicted molar refractivity (Wildman–Crippen MR) is 81.5 cm³/mol. The van der Waals surface area contributed by atoms with Gasteiger partial charge < -0.3 is 4.74 Å². The summed E-state index contributed by atoms with van der Waals surface area (Å²) >= 11 is 0. The molecule has 0 aliphatic heterocycles. The van der Waals surface area contributed by atoms with Crippen molar-refractivity contribution >= 4 is 10.0 Å². The molecular weight excluding hydrogens is 274 g/mol. The smallest absolute Gasteiger partial charge is 0.238 e. The molecule has 0 heterocycles. The number of nitrogens with two attached hydrogens (primary N) is 1. The topological polar surface area (TPSA) is 69.4 Å². The molecule has 1 aromatic rings. The maximum absolute atomic E-state index is 11.6. The summed E-state index contributed by atoms with van der Waals surface area (Å²) in [5.74, 6) is 0.662. The molecule has 0 bridgehead atoms. The molecule has 1 aromatic carbocycles. The normalized spacial score (nSPS) is 13.9. The van der Waals surface area contributed by atoms with Crippen molar-refractivity contribution in [1.82, 2.24) is 0 Å². The molecule has 1 rings (SSSR count). The van der Waals surface area contributed by atoms with Gasteiger partial charge in [-0.2, -0.15) is 0 Å². The Morgan fingerprint density at radius 1 is 1.35 bits per heavy atom. The largest absolute Gasteiger partial charge is 0.486 e. The van der Waals surface area contributed by atoms with Gasteiger partial charge >= 0.3 is 0 Å². The lowest BCUT2D eigenvalue weighted by atomic mass is 9.86. The molecule has 0 radical (unpaired) electrons. The fraction of sp³-hybridized carbons (Fsp3) is 0.467. The summed E-state index contributed by atoms with van der Waals surface area (Å²) in [7, 11) is -3.74.